The van der Waals surface area contributed by atoms with Gasteiger partial charge in [-0.25, -0.2) is 4.39 Å². The molecule has 1 N–H and O–H groups in total. The SMILES string of the molecule is Cc1cc(Cl)c(CCNC2CC2)cc1F. The minimum atomic E-state index is -0.166. The molecule has 0 amide bonds. The quantitative estimate of drug-likeness (QED) is 0.834. The summed E-state index contributed by atoms with van der Waals surface area (Å²) in [4.78, 5) is 0. The van der Waals surface area contributed by atoms with Gasteiger partial charge >= 0.3 is 0 Å². The molecule has 1 aliphatic carbocycles. The lowest BCUT2D eigenvalue weighted by molar-refractivity contribution is 0.613. The first-order chi connectivity index (χ1) is 7.16. The molecule has 0 radical (unpaired) electrons. The van der Waals surface area contributed by atoms with Gasteiger partial charge in [0.2, 0.25) is 0 Å². The van der Waals surface area contributed by atoms with Gasteiger partial charge in [0, 0.05) is 11.1 Å². The zero-order valence-corrected chi connectivity index (χ0v) is 9.57. The van der Waals surface area contributed by atoms with Gasteiger partial charge in [0.1, 0.15) is 5.82 Å². The second-order valence-electron chi connectivity index (χ2n) is 4.17. The standard InChI is InChI=1S/C12H15ClFN/c1-8-6-11(13)9(7-12(8)14)4-5-15-10-2-3-10/h6-7,10,15H,2-5H2,1H3. The molecule has 82 valence electrons. The summed E-state index contributed by atoms with van der Waals surface area (Å²) in [5, 5.41) is 4.06. The number of rotatable bonds is 4. The number of hydrogen-bond acceptors (Lipinski definition) is 1. The summed E-state index contributed by atoms with van der Waals surface area (Å²) >= 11 is 6.04. The molecular formula is C12H15ClFN. The van der Waals surface area contributed by atoms with Crippen molar-refractivity contribution in [1.29, 1.82) is 0 Å². The number of benzene rings is 1. The molecule has 0 spiro atoms. The normalized spacial score (nSPS) is 15.7. The fourth-order valence-electron chi connectivity index (χ4n) is 1.58. The van der Waals surface area contributed by atoms with Crippen LogP contribution in [-0.4, -0.2) is 12.6 Å². The maximum Gasteiger partial charge on any atom is 0.126 e. The van der Waals surface area contributed by atoms with Crippen molar-refractivity contribution in [2.75, 3.05) is 6.54 Å². The zero-order chi connectivity index (χ0) is 10.8. The van der Waals surface area contributed by atoms with Crippen LogP contribution in [0.25, 0.3) is 0 Å². The van der Waals surface area contributed by atoms with Crippen LogP contribution in [-0.2, 0) is 6.42 Å². The second-order valence-corrected chi connectivity index (χ2v) is 4.58. The Hall–Kier alpha value is -0.600. The predicted molar refractivity (Wildman–Crippen MR) is 60.9 cm³/mol. The first-order valence-corrected chi connectivity index (χ1v) is 5.72. The van der Waals surface area contributed by atoms with Gasteiger partial charge in [0.05, 0.1) is 0 Å². The van der Waals surface area contributed by atoms with Crippen LogP contribution in [0.5, 0.6) is 0 Å². The van der Waals surface area contributed by atoms with Gasteiger partial charge in [-0.05, 0) is 56.0 Å². The van der Waals surface area contributed by atoms with Crippen LogP contribution in [0.4, 0.5) is 4.39 Å². The topological polar surface area (TPSA) is 12.0 Å². The molecule has 3 heteroatoms. The van der Waals surface area contributed by atoms with Crippen molar-refractivity contribution in [2.45, 2.75) is 32.2 Å². The Kier molecular flexibility index (Phi) is 3.27. The van der Waals surface area contributed by atoms with Crippen molar-refractivity contribution < 1.29 is 4.39 Å². The Labute approximate surface area is 94.6 Å². The summed E-state index contributed by atoms with van der Waals surface area (Å²) in [6.45, 7) is 2.61. The molecule has 0 aliphatic heterocycles. The molecule has 0 bridgehead atoms. The molecule has 1 fully saturated rings. The lowest BCUT2D eigenvalue weighted by Crippen LogP contribution is -2.19. The summed E-state index contributed by atoms with van der Waals surface area (Å²) in [5.41, 5.74) is 1.51. The average Bonchev–Trinajstić information content (AvgIpc) is 2.97. The van der Waals surface area contributed by atoms with Gasteiger partial charge in [0.25, 0.3) is 0 Å². The Morgan fingerprint density at radius 3 is 2.87 bits per heavy atom. The average molecular weight is 228 g/mol. The number of halogens is 2. The second kappa shape index (κ2) is 4.50. The molecule has 1 saturated carbocycles. The van der Waals surface area contributed by atoms with Crippen LogP contribution in [0.1, 0.15) is 24.0 Å². The Balaban J connectivity index is 1.96. The van der Waals surface area contributed by atoms with E-state index in [1.165, 1.54) is 12.8 Å². The van der Waals surface area contributed by atoms with Crippen LogP contribution in [0.15, 0.2) is 12.1 Å². The number of hydrogen-bond donors (Lipinski definition) is 1. The molecule has 0 unspecified atom stereocenters. The predicted octanol–water partition coefficient (Wildman–Crippen LogP) is 3.08. The molecule has 1 aromatic carbocycles. The molecule has 2 rings (SSSR count). The van der Waals surface area contributed by atoms with Gasteiger partial charge in [-0.2, -0.15) is 0 Å². The van der Waals surface area contributed by atoms with E-state index in [4.69, 9.17) is 11.6 Å². The van der Waals surface area contributed by atoms with Crippen LogP contribution < -0.4 is 5.32 Å². The highest BCUT2D eigenvalue weighted by molar-refractivity contribution is 6.31. The van der Waals surface area contributed by atoms with E-state index in [-0.39, 0.29) is 5.82 Å². The van der Waals surface area contributed by atoms with Crippen LogP contribution in [0, 0.1) is 12.7 Å². The smallest absolute Gasteiger partial charge is 0.126 e. The maximum atomic E-state index is 13.3. The summed E-state index contributed by atoms with van der Waals surface area (Å²) in [5.74, 6) is -0.166. The lowest BCUT2D eigenvalue weighted by Gasteiger charge is -2.07. The maximum absolute atomic E-state index is 13.3. The third kappa shape index (κ3) is 2.93. The van der Waals surface area contributed by atoms with E-state index < -0.39 is 0 Å². The largest absolute Gasteiger partial charge is 0.314 e. The van der Waals surface area contributed by atoms with Gasteiger partial charge in [-0.15, -0.1) is 0 Å². The van der Waals surface area contributed by atoms with E-state index in [1.54, 1.807) is 19.1 Å². The fourth-order valence-corrected chi connectivity index (χ4v) is 1.89. The zero-order valence-electron chi connectivity index (χ0n) is 8.82. The van der Waals surface area contributed by atoms with Crippen molar-refractivity contribution in [3.05, 3.63) is 34.1 Å². The van der Waals surface area contributed by atoms with E-state index in [0.717, 1.165) is 18.5 Å². The van der Waals surface area contributed by atoms with E-state index >= 15 is 0 Å². The van der Waals surface area contributed by atoms with Gasteiger partial charge in [-0.1, -0.05) is 11.6 Å². The molecule has 0 heterocycles. The van der Waals surface area contributed by atoms with Crippen LogP contribution in [0.2, 0.25) is 5.02 Å². The third-order valence-electron chi connectivity index (χ3n) is 2.73. The minimum Gasteiger partial charge on any atom is -0.314 e. The highest BCUT2D eigenvalue weighted by Crippen LogP contribution is 2.22. The van der Waals surface area contributed by atoms with Gasteiger partial charge in [-0.3, -0.25) is 0 Å². The molecule has 0 saturated heterocycles. The first kappa shape index (κ1) is 10.9. The van der Waals surface area contributed by atoms with Crippen molar-refractivity contribution in [3.8, 4) is 0 Å². The first-order valence-electron chi connectivity index (χ1n) is 5.34. The molecule has 1 aromatic rings. The Morgan fingerprint density at radius 2 is 2.20 bits per heavy atom. The summed E-state index contributed by atoms with van der Waals surface area (Å²) in [6.07, 6.45) is 3.35. The molecule has 0 aromatic heterocycles. The monoisotopic (exact) mass is 227 g/mol. The van der Waals surface area contributed by atoms with Crippen LogP contribution in [0.3, 0.4) is 0 Å². The van der Waals surface area contributed by atoms with Crippen molar-refractivity contribution in [1.82, 2.24) is 5.32 Å². The lowest BCUT2D eigenvalue weighted by atomic mass is 10.1. The van der Waals surface area contributed by atoms with Crippen molar-refractivity contribution in [2.24, 2.45) is 0 Å². The molecule has 1 nitrogen and oxygen atoms in total. The minimum absolute atomic E-state index is 0.166. The van der Waals surface area contributed by atoms with Crippen molar-refractivity contribution in [3.63, 3.8) is 0 Å². The fraction of sp³-hybridized carbons (Fsp3) is 0.500. The number of aryl methyl sites for hydroxylation is 1. The number of nitrogens with one attached hydrogen (secondary N) is 1. The Morgan fingerprint density at radius 1 is 1.47 bits per heavy atom. The molecule has 0 atom stereocenters. The highest BCUT2D eigenvalue weighted by Gasteiger charge is 2.19. The van der Waals surface area contributed by atoms with Crippen LogP contribution >= 0.6 is 11.6 Å². The highest BCUT2D eigenvalue weighted by atomic mass is 35.5. The molecular weight excluding hydrogens is 213 g/mol. The summed E-state index contributed by atoms with van der Waals surface area (Å²) in [7, 11) is 0. The third-order valence-corrected chi connectivity index (χ3v) is 3.08. The van der Waals surface area contributed by atoms with E-state index in [0.29, 0.717) is 16.6 Å². The summed E-state index contributed by atoms with van der Waals surface area (Å²) in [6, 6.07) is 3.94. The molecule has 15 heavy (non-hydrogen) atoms. The van der Waals surface area contributed by atoms with E-state index in [2.05, 4.69) is 5.32 Å². The Bertz CT molecular complexity index is 361. The summed E-state index contributed by atoms with van der Waals surface area (Å²) < 4.78 is 13.3. The van der Waals surface area contributed by atoms with E-state index in [1.807, 2.05) is 0 Å². The molecule has 1 aliphatic rings. The van der Waals surface area contributed by atoms with Gasteiger partial charge in [0.15, 0.2) is 0 Å². The van der Waals surface area contributed by atoms with E-state index in [9.17, 15) is 4.39 Å². The van der Waals surface area contributed by atoms with Gasteiger partial charge < -0.3 is 5.32 Å². The van der Waals surface area contributed by atoms with Crippen molar-refractivity contribution >= 4 is 11.6 Å².